The molecule has 35 heteroatoms. The molecular weight excluding hydrogens is 1770 g/mol. The lowest BCUT2D eigenvalue weighted by Crippen LogP contribution is -2.42. The van der Waals surface area contributed by atoms with E-state index in [2.05, 4.69) is 36.7 Å². The monoisotopic (exact) mass is 1920 g/mol. The van der Waals surface area contributed by atoms with Gasteiger partial charge in [-0.2, -0.15) is 0 Å². The van der Waals surface area contributed by atoms with Gasteiger partial charge in [-0.1, -0.05) is 275 Å². The van der Waals surface area contributed by atoms with E-state index in [-0.39, 0.29) is 231 Å². The molecule has 1 aliphatic heterocycles. The molecule has 0 aliphatic carbocycles. The summed E-state index contributed by atoms with van der Waals surface area (Å²) in [6.45, 7) is 2.65. The summed E-state index contributed by atoms with van der Waals surface area (Å²) < 4.78 is 63.7. The second kappa shape index (κ2) is 82.4. The normalized spacial score (nSPS) is 12.0. The zero-order valence-electron chi connectivity index (χ0n) is 80.5. The van der Waals surface area contributed by atoms with Crippen LogP contribution in [0.1, 0.15) is 266 Å². The van der Waals surface area contributed by atoms with Gasteiger partial charge < -0.3 is 98.7 Å². The highest BCUT2D eigenvalue weighted by molar-refractivity contribution is 6.01. The predicted molar refractivity (Wildman–Crippen MR) is 508 cm³/mol. The first-order valence-corrected chi connectivity index (χ1v) is 49.2. The highest BCUT2D eigenvalue weighted by Gasteiger charge is 2.33. The van der Waals surface area contributed by atoms with E-state index in [0.29, 0.717) is 44.0 Å². The number of carbonyl (C=O) groups excluding carboxylic acids is 13. The van der Waals surface area contributed by atoms with Crippen LogP contribution in [-0.4, -0.2) is 237 Å². The molecule has 4 aromatic carbocycles. The number of hydroxylamine groups is 2. The minimum absolute atomic E-state index is 0.00260. The van der Waals surface area contributed by atoms with E-state index >= 15 is 0 Å². The summed E-state index contributed by atoms with van der Waals surface area (Å²) in [5.41, 5.74) is 3.64. The van der Waals surface area contributed by atoms with E-state index in [0.717, 1.165) is 106 Å². The van der Waals surface area contributed by atoms with Gasteiger partial charge in [0.25, 0.3) is 11.8 Å². The Morgan fingerprint density at radius 1 is 0.270 bits per heavy atom. The Labute approximate surface area is 808 Å². The second-order valence-electron chi connectivity index (χ2n) is 33.2. The molecule has 0 aromatic heterocycles. The van der Waals surface area contributed by atoms with Crippen molar-refractivity contribution in [1.82, 2.24) is 37.0 Å². The summed E-state index contributed by atoms with van der Waals surface area (Å²) in [5.74, 6) is -6.28. The van der Waals surface area contributed by atoms with E-state index in [4.69, 9.17) is 61.9 Å². The smallest absolute Gasteiger partial charge is 0.358 e. The van der Waals surface area contributed by atoms with Crippen LogP contribution in [0.15, 0.2) is 121 Å². The lowest BCUT2D eigenvalue weighted by molar-refractivity contribution is -0.200. The molecule has 0 saturated carbocycles. The average Bonchev–Trinajstić information content (AvgIpc) is 1.75. The number of rotatable bonds is 85. The summed E-state index contributed by atoms with van der Waals surface area (Å²) in [4.78, 5) is 175. The number of aliphatic carboxylic acids is 1. The summed E-state index contributed by atoms with van der Waals surface area (Å²) >= 11 is 0. The van der Waals surface area contributed by atoms with Crippen molar-refractivity contribution in [3.05, 3.63) is 144 Å². The lowest BCUT2D eigenvalue weighted by atomic mass is 10.0. The Balaban J connectivity index is 0.000000575. The maximum Gasteiger partial charge on any atom is 0.358 e. The van der Waals surface area contributed by atoms with Gasteiger partial charge in [0.2, 0.25) is 35.4 Å². The van der Waals surface area contributed by atoms with Crippen LogP contribution in [0.5, 0.6) is 0 Å². The van der Waals surface area contributed by atoms with Gasteiger partial charge in [0.15, 0.2) is 0 Å². The number of hydrogen-bond donors (Lipinski definition) is 7. The van der Waals surface area contributed by atoms with E-state index in [1.807, 2.05) is 121 Å². The molecule has 764 valence electrons. The summed E-state index contributed by atoms with van der Waals surface area (Å²) in [5, 5.41) is 25.3. The van der Waals surface area contributed by atoms with Crippen molar-refractivity contribution in [2.24, 2.45) is 0 Å². The molecule has 1 aliphatic rings. The largest absolute Gasteiger partial charge is 0.480 e. The minimum atomic E-state index is -1.05. The zero-order chi connectivity index (χ0) is 98.5. The fourth-order valence-corrected chi connectivity index (χ4v) is 13.9. The highest BCUT2D eigenvalue weighted by Crippen LogP contribution is 2.20. The molecule has 5 rings (SSSR count). The molecule has 0 unspecified atom stereocenters. The molecular formula is C102H153N7O28. The van der Waals surface area contributed by atoms with Crippen LogP contribution in [0.2, 0.25) is 0 Å². The number of carbonyl (C=O) groups is 14. The number of ether oxygens (including phenoxy) is 12. The minimum Gasteiger partial charge on any atom is -0.480 e. The van der Waals surface area contributed by atoms with Crippen molar-refractivity contribution in [3.8, 4) is 0 Å². The van der Waals surface area contributed by atoms with Gasteiger partial charge in [-0.05, 0) is 60.8 Å². The van der Waals surface area contributed by atoms with Gasteiger partial charge in [0.1, 0.15) is 64.9 Å². The van der Waals surface area contributed by atoms with Crippen LogP contribution in [0.25, 0.3) is 0 Å². The zero-order valence-corrected chi connectivity index (χ0v) is 80.5. The molecule has 0 bridgehead atoms. The van der Waals surface area contributed by atoms with Crippen molar-refractivity contribution < 1.29 is 134 Å². The van der Waals surface area contributed by atoms with Crippen LogP contribution in [0.3, 0.4) is 0 Å². The van der Waals surface area contributed by atoms with Crippen molar-refractivity contribution in [2.75, 3.05) is 132 Å². The Morgan fingerprint density at radius 3 is 0.825 bits per heavy atom. The molecule has 0 spiro atoms. The number of amides is 8. The number of unbranched alkanes of at least 4 members (excludes halogenated alkanes) is 26. The maximum absolute atomic E-state index is 13.1. The van der Waals surface area contributed by atoms with Crippen LogP contribution in [0.4, 0.5) is 0 Å². The SMILES string of the molecule is O=C(CC[C@H](NC(=O)CCCCCCCCCCCCCCCCC(=O)OCc1ccccc1)C(=O)OCc1ccccc1)NCCOCCOCC(=O)NCCOCCOCC(=O)ON1C(=O)CCC1=O.O=C(O)COCCOCCNC(=O)COCCOCCNC(=O)CC[C@H](NC(=O)CCCCCCCCCCCCCCCCC(=O)OCc1ccccc1)C(=O)OCc1ccccc1. The number of esters is 4. The number of carboxylic acids is 1. The topological polar surface area (TPSA) is 455 Å². The third-order valence-electron chi connectivity index (χ3n) is 21.4. The predicted octanol–water partition coefficient (Wildman–Crippen LogP) is 12.2. The summed E-state index contributed by atoms with van der Waals surface area (Å²) in [6.07, 6.45) is 32.6. The summed E-state index contributed by atoms with van der Waals surface area (Å²) in [6, 6.07) is 36.0. The third kappa shape index (κ3) is 68.9. The number of nitrogens with zero attached hydrogens (tertiary/aromatic N) is 1. The third-order valence-corrected chi connectivity index (χ3v) is 21.4. The molecule has 35 nitrogen and oxygen atoms in total. The molecule has 1 fully saturated rings. The molecule has 7 N–H and O–H groups in total. The molecule has 1 saturated heterocycles. The van der Waals surface area contributed by atoms with E-state index in [9.17, 15) is 67.1 Å². The first kappa shape index (κ1) is 119. The van der Waals surface area contributed by atoms with E-state index in [1.165, 1.54) is 89.9 Å². The van der Waals surface area contributed by atoms with Crippen molar-refractivity contribution >= 4 is 83.1 Å². The molecule has 1 heterocycles. The Morgan fingerprint density at radius 2 is 0.526 bits per heavy atom. The quantitative estimate of drug-likeness (QED) is 0.00934. The Kier molecular flexibility index (Phi) is 71.4. The van der Waals surface area contributed by atoms with E-state index in [1.54, 1.807) is 0 Å². The highest BCUT2D eigenvalue weighted by atomic mass is 16.7. The first-order valence-electron chi connectivity index (χ1n) is 49.2. The summed E-state index contributed by atoms with van der Waals surface area (Å²) in [7, 11) is 0. The molecule has 0 radical (unpaired) electrons. The number of hydrogen-bond acceptors (Lipinski definition) is 27. The number of nitrogens with one attached hydrogen (secondary N) is 6. The fourth-order valence-electron chi connectivity index (χ4n) is 13.9. The van der Waals surface area contributed by atoms with Crippen LogP contribution >= 0.6 is 0 Å². The number of carboxylic acid groups (broad SMARTS) is 1. The standard InChI is InChI=1S/C53H78N4O15.C49H75N3O13/c58-46(54-31-33-66-35-37-68-41-48(60)55-32-34-67-36-38-69-42-52(64)72-57-49(61)29-30-50(57)62)28-27-45(53(65)71-40-44-23-17-14-18-24-44)56-47(59)25-19-11-9-7-5-3-1-2-4-6-8-10-12-20-26-51(63)70-39-43-21-15-13-16-22-43;53-44(50-29-31-60-33-35-62-39-46(55)51-30-32-61-34-36-63-40-47(56)57)28-27-43(49(59)65-38-42-23-17-14-18-24-42)52-45(54)25-19-11-9-7-5-3-1-2-4-6-8-10-12-20-26-48(58)64-37-41-21-15-13-16-22-41/h13-18,21-24,45H,1-12,19-20,25-42H2,(H,54,58)(H,55,60)(H,56,59);13-18,21-24,43H,1-12,19-20,25-40H2,(H,50,53)(H,51,55)(H,52,54)(H,56,57)/t45-;43-/m00/s1. The van der Waals surface area contributed by atoms with Gasteiger partial charge in [-0.3, -0.25) is 47.9 Å². The van der Waals surface area contributed by atoms with Crippen molar-refractivity contribution in [1.29, 1.82) is 0 Å². The van der Waals surface area contributed by atoms with Gasteiger partial charge in [0, 0.05) is 77.5 Å². The molecule has 4 aromatic rings. The Bertz CT molecular complexity index is 3920. The van der Waals surface area contributed by atoms with Gasteiger partial charge >= 0.3 is 35.8 Å². The van der Waals surface area contributed by atoms with Crippen LogP contribution < -0.4 is 31.9 Å². The Hall–Kier alpha value is -10.7. The van der Waals surface area contributed by atoms with Crippen molar-refractivity contribution in [2.45, 2.75) is 283 Å². The van der Waals surface area contributed by atoms with Crippen LogP contribution in [0, 0.1) is 0 Å². The number of imide groups is 1. The van der Waals surface area contributed by atoms with Gasteiger partial charge in [-0.25, -0.2) is 19.2 Å². The van der Waals surface area contributed by atoms with Gasteiger partial charge in [-0.15, -0.1) is 5.06 Å². The van der Waals surface area contributed by atoms with Gasteiger partial charge in [0.05, 0.1) is 79.3 Å². The number of benzene rings is 4. The molecule has 137 heavy (non-hydrogen) atoms. The van der Waals surface area contributed by atoms with Crippen LogP contribution in [-0.2, 0) is 155 Å². The fraction of sp³-hybridized carbons (Fsp3) is 0.627. The lowest BCUT2D eigenvalue weighted by Gasteiger charge is -2.18. The average molecular weight is 1930 g/mol. The maximum atomic E-state index is 13.1. The molecule has 8 amide bonds. The first-order chi connectivity index (χ1) is 66.8. The molecule has 2 atom stereocenters. The second-order valence-corrected chi connectivity index (χ2v) is 33.2. The van der Waals surface area contributed by atoms with Crippen molar-refractivity contribution in [3.63, 3.8) is 0 Å². The van der Waals surface area contributed by atoms with E-state index < -0.39 is 54.4 Å².